The number of para-hydroxylation sites is 2. The standard InChI is InChI=1S/C23H30N4O4/c28-22-16-30-20-8-3-1-6-18(20)14-24-10-5-11-25-15-19-7-2-4-9-21(19)31-17-23(29)27-13-12-26-22/h1-4,6-9,24-25H,5,10-17H2,(H,26,28)(H,27,29). The van der Waals surface area contributed by atoms with E-state index in [0.29, 0.717) is 37.7 Å². The maximum atomic E-state index is 12.0. The predicted octanol–water partition coefficient (Wildman–Crippen LogP) is 0.960. The molecule has 0 aromatic heterocycles. The van der Waals surface area contributed by atoms with Crippen molar-refractivity contribution in [3.63, 3.8) is 0 Å². The maximum absolute atomic E-state index is 12.0. The zero-order chi connectivity index (χ0) is 21.7. The normalized spacial score (nSPS) is 17.4. The number of amides is 2. The van der Waals surface area contributed by atoms with Gasteiger partial charge in [0.15, 0.2) is 13.2 Å². The Morgan fingerprint density at radius 2 is 1.06 bits per heavy atom. The van der Waals surface area contributed by atoms with Crippen LogP contribution in [0.4, 0.5) is 0 Å². The Balaban J connectivity index is 1.59. The Bertz CT molecular complexity index is 789. The van der Waals surface area contributed by atoms with Gasteiger partial charge in [0, 0.05) is 37.3 Å². The molecule has 0 unspecified atom stereocenters. The minimum atomic E-state index is -0.237. The van der Waals surface area contributed by atoms with Gasteiger partial charge in [0.2, 0.25) is 0 Å². The summed E-state index contributed by atoms with van der Waals surface area (Å²) in [5.41, 5.74) is 2.01. The number of fused-ring (bicyclic) bond motifs is 2. The highest BCUT2D eigenvalue weighted by atomic mass is 16.5. The maximum Gasteiger partial charge on any atom is 0.258 e. The van der Waals surface area contributed by atoms with Crippen LogP contribution in [0.5, 0.6) is 11.5 Å². The quantitative estimate of drug-likeness (QED) is 0.501. The summed E-state index contributed by atoms with van der Waals surface area (Å²) in [7, 11) is 0. The summed E-state index contributed by atoms with van der Waals surface area (Å²) in [6.07, 6.45) is 0.955. The molecule has 0 radical (unpaired) electrons. The summed E-state index contributed by atoms with van der Waals surface area (Å²) in [5.74, 6) is 0.908. The summed E-state index contributed by atoms with van der Waals surface area (Å²) in [6, 6.07) is 15.4. The van der Waals surface area contributed by atoms with E-state index in [1.165, 1.54) is 0 Å². The van der Waals surface area contributed by atoms with Crippen molar-refractivity contribution in [1.29, 1.82) is 0 Å². The lowest BCUT2D eigenvalue weighted by Gasteiger charge is -2.12. The van der Waals surface area contributed by atoms with Gasteiger partial charge in [0.1, 0.15) is 11.5 Å². The molecule has 1 aliphatic heterocycles. The van der Waals surface area contributed by atoms with Gasteiger partial charge in [-0.25, -0.2) is 0 Å². The third kappa shape index (κ3) is 7.92. The molecule has 8 heteroatoms. The fourth-order valence-electron chi connectivity index (χ4n) is 3.16. The van der Waals surface area contributed by atoms with Crippen LogP contribution >= 0.6 is 0 Å². The average Bonchev–Trinajstić information content (AvgIpc) is 2.79. The third-order valence-electron chi connectivity index (χ3n) is 4.77. The SMILES string of the molecule is O=C1COc2ccccc2CNCCCNCc2ccccc2OCC(=O)NCCN1. The van der Waals surface area contributed by atoms with Gasteiger partial charge in [0.05, 0.1) is 0 Å². The molecule has 0 bridgehead atoms. The van der Waals surface area contributed by atoms with Crippen LogP contribution in [-0.4, -0.2) is 51.2 Å². The summed E-state index contributed by atoms with van der Waals surface area (Å²) >= 11 is 0. The van der Waals surface area contributed by atoms with Gasteiger partial charge in [-0.2, -0.15) is 0 Å². The van der Waals surface area contributed by atoms with Crippen LogP contribution in [0.1, 0.15) is 17.5 Å². The number of carbonyl (C=O) groups excluding carboxylic acids is 2. The Hall–Kier alpha value is -3.10. The molecule has 2 amide bonds. The van der Waals surface area contributed by atoms with Crippen LogP contribution in [-0.2, 0) is 22.7 Å². The van der Waals surface area contributed by atoms with Gasteiger partial charge in [-0.1, -0.05) is 36.4 Å². The molecule has 31 heavy (non-hydrogen) atoms. The van der Waals surface area contributed by atoms with Crippen molar-refractivity contribution >= 4 is 11.8 Å². The summed E-state index contributed by atoms with van der Waals surface area (Å²) < 4.78 is 11.4. The van der Waals surface area contributed by atoms with Crippen LogP contribution in [0, 0.1) is 0 Å². The lowest BCUT2D eigenvalue weighted by molar-refractivity contribution is -0.124. The average molecular weight is 427 g/mol. The van der Waals surface area contributed by atoms with E-state index in [2.05, 4.69) is 21.3 Å². The number of hydrogen-bond acceptors (Lipinski definition) is 6. The van der Waals surface area contributed by atoms with Crippen molar-refractivity contribution in [1.82, 2.24) is 21.3 Å². The highest BCUT2D eigenvalue weighted by Gasteiger charge is 2.09. The van der Waals surface area contributed by atoms with Gasteiger partial charge < -0.3 is 30.7 Å². The van der Waals surface area contributed by atoms with E-state index < -0.39 is 0 Å². The number of rotatable bonds is 0. The van der Waals surface area contributed by atoms with Crippen molar-refractivity contribution in [2.24, 2.45) is 0 Å². The van der Waals surface area contributed by atoms with Gasteiger partial charge in [-0.15, -0.1) is 0 Å². The number of ether oxygens (including phenoxy) is 2. The van der Waals surface area contributed by atoms with Gasteiger partial charge in [-0.3, -0.25) is 9.59 Å². The van der Waals surface area contributed by atoms with Crippen LogP contribution in [0.15, 0.2) is 48.5 Å². The van der Waals surface area contributed by atoms with Crippen LogP contribution in [0.25, 0.3) is 0 Å². The van der Waals surface area contributed by atoms with E-state index in [1.54, 1.807) is 0 Å². The minimum absolute atomic E-state index is 0.0746. The minimum Gasteiger partial charge on any atom is -0.483 e. The van der Waals surface area contributed by atoms with Gasteiger partial charge in [-0.05, 0) is 31.6 Å². The van der Waals surface area contributed by atoms with E-state index in [0.717, 1.165) is 30.6 Å². The molecule has 4 N–H and O–H groups in total. The molecule has 1 aliphatic rings. The van der Waals surface area contributed by atoms with Crippen molar-refractivity contribution in [3.05, 3.63) is 59.7 Å². The molecule has 8 nitrogen and oxygen atoms in total. The van der Waals surface area contributed by atoms with Crippen LogP contribution in [0.2, 0.25) is 0 Å². The highest BCUT2D eigenvalue weighted by molar-refractivity contribution is 5.78. The van der Waals surface area contributed by atoms with Gasteiger partial charge in [0.25, 0.3) is 11.8 Å². The first-order valence-corrected chi connectivity index (χ1v) is 10.6. The number of benzene rings is 2. The third-order valence-corrected chi connectivity index (χ3v) is 4.77. The topological polar surface area (TPSA) is 101 Å². The molecule has 0 saturated carbocycles. The summed E-state index contributed by atoms with van der Waals surface area (Å²) in [6.45, 7) is 3.51. The molecule has 3 rings (SSSR count). The predicted molar refractivity (Wildman–Crippen MR) is 118 cm³/mol. The van der Waals surface area contributed by atoms with Crippen LogP contribution < -0.4 is 30.7 Å². The Kier molecular flexibility index (Phi) is 9.15. The molecule has 2 aromatic carbocycles. The van der Waals surface area contributed by atoms with E-state index in [1.807, 2.05) is 48.5 Å². The molecule has 0 spiro atoms. The first-order valence-electron chi connectivity index (χ1n) is 10.6. The molecule has 0 atom stereocenters. The van der Waals surface area contributed by atoms with Gasteiger partial charge >= 0.3 is 0 Å². The Morgan fingerprint density at radius 3 is 1.55 bits per heavy atom. The van der Waals surface area contributed by atoms with E-state index in [9.17, 15) is 9.59 Å². The first kappa shape index (κ1) is 22.6. The fraction of sp³-hybridized carbons (Fsp3) is 0.391. The van der Waals surface area contributed by atoms with Crippen molar-refractivity contribution in [3.8, 4) is 11.5 Å². The molecular weight excluding hydrogens is 396 g/mol. The van der Waals surface area contributed by atoms with E-state index in [-0.39, 0.29) is 25.0 Å². The zero-order valence-corrected chi connectivity index (χ0v) is 17.6. The molecule has 0 fully saturated rings. The number of hydrogen-bond donors (Lipinski definition) is 4. The second kappa shape index (κ2) is 12.6. The Labute approximate surface area is 182 Å². The summed E-state index contributed by atoms with van der Waals surface area (Å²) in [5, 5.41) is 12.3. The van der Waals surface area contributed by atoms with Crippen molar-refractivity contribution in [2.75, 3.05) is 39.4 Å². The second-order valence-corrected chi connectivity index (χ2v) is 7.20. The lowest BCUT2D eigenvalue weighted by atomic mass is 10.2. The molecular formula is C23H30N4O4. The second-order valence-electron chi connectivity index (χ2n) is 7.20. The van der Waals surface area contributed by atoms with E-state index >= 15 is 0 Å². The number of nitrogens with one attached hydrogen (secondary N) is 4. The monoisotopic (exact) mass is 426 g/mol. The lowest BCUT2D eigenvalue weighted by Crippen LogP contribution is -2.38. The molecule has 166 valence electrons. The fourth-order valence-corrected chi connectivity index (χ4v) is 3.16. The molecule has 2 aromatic rings. The van der Waals surface area contributed by atoms with Crippen LogP contribution in [0.3, 0.4) is 0 Å². The molecule has 0 aliphatic carbocycles. The van der Waals surface area contributed by atoms with Crippen molar-refractivity contribution in [2.45, 2.75) is 19.5 Å². The first-order chi connectivity index (χ1) is 15.2. The zero-order valence-electron chi connectivity index (χ0n) is 17.6. The largest absolute Gasteiger partial charge is 0.483 e. The molecule has 0 saturated heterocycles. The summed E-state index contributed by atoms with van der Waals surface area (Å²) in [4.78, 5) is 24.1. The highest BCUT2D eigenvalue weighted by Crippen LogP contribution is 2.18. The molecule has 1 heterocycles. The van der Waals surface area contributed by atoms with E-state index in [4.69, 9.17) is 9.47 Å². The van der Waals surface area contributed by atoms with Crippen molar-refractivity contribution < 1.29 is 19.1 Å². The smallest absolute Gasteiger partial charge is 0.258 e. The number of carbonyl (C=O) groups is 2. The Morgan fingerprint density at radius 1 is 0.613 bits per heavy atom.